The maximum atomic E-state index is 12.4. The summed E-state index contributed by atoms with van der Waals surface area (Å²) in [4.78, 5) is 24.7. The number of pyridine rings is 2. The molecule has 34 heavy (non-hydrogen) atoms. The summed E-state index contributed by atoms with van der Waals surface area (Å²) < 4.78 is 37.5. The number of hydrogen-bond donors (Lipinski definition) is 1. The number of nitrogens with zero attached hydrogens (tertiary/aromatic N) is 2. The molecule has 2 aromatic carbocycles. The highest BCUT2D eigenvalue weighted by Crippen LogP contribution is 2.46. The van der Waals surface area contributed by atoms with Gasteiger partial charge in [0.25, 0.3) is 0 Å². The first-order valence-electron chi connectivity index (χ1n) is 12.7. The Hall–Kier alpha value is -3.93. The van der Waals surface area contributed by atoms with Crippen LogP contribution < -0.4 is 10.2 Å². The van der Waals surface area contributed by atoms with Crippen LogP contribution in [0.4, 0.5) is 0 Å². The molecule has 170 valence electrons. The normalized spacial score (nSPS) is 22.3. The molecule has 6 rings (SSSR count). The highest BCUT2D eigenvalue weighted by atomic mass is 16.5. The van der Waals surface area contributed by atoms with Gasteiger partial charge in [-0.3, -0.25) is 4.79 Å². The summed E-state index contributed by atoms with van der Waals surface area (Å²) in [5.74, 6) is 1.08. The molecule has 4 aromatic rings. The van der Waals surface area contributed by atoms with Gasteiger partial charge in [-0.1, -0.05) is 24.3 Å². The largest absolute Gasteiger partial charge is 0.471 e. The van der Waals surface area contributed by atoms with E-state index >= 15 is 0 Å². The highest BCUT2D eigenvalue weighted by Gasteiger charge is 2.49. The van der Waals surface area contributed by atoms with Gasteiger partial charge in [0.1, 0.15) is 22.9 Å². The zero-order valence-corrected chi connectivity index (χ0v) is 19.1. The van der Waals surface area contributed by atoms with E-state index in [1.165, 1.54) is 6.07 Å². The minimum absolute atomic E-state index is 0.186. The third kappa shape index (κ3) is 3.13. The summed E-state index contributed by atoms with van der Waals surface area (Å²) in [6.07, 6.45) is -0.138. The van der Waals surface area contributed by atoms with Gasteiger partial charge in [0.2, 0.25) is 17.2 Å². The Balaban J connectivity index is 1.42. The lowest BCUT2D eigenvalue weighted by atomic mass is 9.94. The van der Waals surface area contributed by atoms with Crippen LogP contribution in [-0.2, 0) is 16.7 Å². The van der Waals surface area contributed by atoms with Crippen LogP contribution >= 0.6 is 0 Å². The second-order valence-corrected chi connectivity index (χ2v) is 9.03. The zero-order valence-electron chi connectivity index (χ0n) is 22.1. The molecule has 2 atom stereocenters. The summed E-state index contributed by atoms with van der Waals surface area (Å²) in [6.45, 7) is 3.31. The van der Waals surface area contributed by atoms with Gasteiger partial charge in [-0.2, -0.15) is 0 Å². The van der Waals surface area contributed by atoms with Gasteiger partial charge in [0, 0.05) is 33.9 Å². The van der Waals surface area contributed by atoms with Crippen molar-refractivity contribution in [2.75, 3.05) is 0 Å². The van der Waals surface area contributed by atoms with Crippen molar-refractivity contribution in [3.8, 4) is 11.6 Å². The Morgan fingerprint density at radius 2 is 2.00 bits per heavy atom. The fraction of sp³-hybridized carbons (Fsp3) is 0.250. The van der Waals surface area contributed by atoms with Crippen molar-refractivity contribution in [1.29, 1.82) is 0 Å². The monoisotopic (exact) mass is 454 g/mol. The molecule has 1 aliphatic carbocycles. The van der Waals surface area contributed by atoms with Crippen molar-refractivity contribution < 1.29 is 13.6 Å². The molecule has 1 N–H and O–H groups in total. The molecule has 0 bridgehead atoms. The van der Waals surface area contributed by atoms with Crippen molar-refractivity contribution in [2.24, 2.45) is 4.99 Å². The fourth-order valence-corrected chi connectivity index (χ4v) is 4.77. The highest BCUT2D eigenvalue weighted by molar-refractivity contribution is 5.97. The maximum absolute atomic E-state index is 12.4. The van der Waals surface area contributed by atoms with E-state index in [0.29, 0.717) is 34.3 Å². The fourth-order valence-electron chi connectivity index (χ4n) is 4.77. The summed E-state index contributed by atoms with van der Waals surface area (Å²) in [5, 5.41) is 0. The van der Waals surface area contributed by atoms with Crippen molar-refractivity contribution in [3.63, 3.8) is 0 Å². The average Bonchev–Trinajstić information content (AvgIpc) is 3.37. The van der Waals surface area contributed by atoms with E-state index < -0.39 is 18.5 Å². The molecule has 0 amide bonds. The Morgan fingerprint density at radius 1 is 1.15 bits per heavy atom. The molecule has 2 aliphatic rings. The van der Waals surface area contributed by atoms with Crippen molar-refractivity contribution in [1.82, 2.24) is 9.97 Å². The number of H-pyrrole nitrogens is 1. The van der Waals surface area contributed by atoms with Crippen molar-refractivity contribution in [3.05, 3.63) is 98.3 Å². The van der Waals surface area contributed by atoms with E-state index in [9.17, 15) is 4.79 Å². The molecule has 6 nitrogen and oxygen atoms in total. The van der Waals surface area contributed by atoms with Crippen LogP contribution in [0.5, 0.6) is 11.6 Å². The number of aliphatic imine (C=N–C) groups is 1. The van der Waals surface area contributed by atoms with Crippen molar-refractivity contribution >= 4 is 16.9 Å². The van der Waals surface area contributed by atoms with Gasteiger partial charge >= 0.3 is 0 Å². The van der Waals surface area contributed by atoms with Crippen LogP contribution in [0.2, 0.25) is 0 Å². The number of nitrogens with one attached hydrogen (secondary N) is 1. The Bertz CT molecular complexity index is 1680. The number of rotatable bonds is 3. The third-order valence-electron chi connectivity index (χ3n) is 6.69. The molecule has 1 aliphatic heterocycles. The van der Waals surface area contributed by atoms with Crippen LogP contribution in [-0.4, -0.2) is 22.0 Å². The lowest BCUT2D eigenvalue weighted by molar-refractivity contribution is 0.162. The molecule has 0 radical (unpaired) electrons. The van der Waals surface area contributed by atoms with E-state index in [2.05, 4.69) is 9.97 Å². The topological polar surface area (TPSA) is 76.6 Å². The quantitative estimate of drug-likeness (QED) is 0.458. The molecule has 6 heteroatoms. The molecule has 2 aromatic heterocycles. The molecule has 0 spiro atoms. The summed E-state index contributed by atoms with van der Waals surface area (Å²) >= 11 is 0. The number of aromatic amines is 1. The third-order valence-corrected chi connectivity index (χ3v) is 6.69. The first-order valence-corrected chi connectivity index (χ1v) is 11.2. The van der Waals surface area contributed by atoms with E-state index in [1.807, 2.05) is 51.1 Å². The summed E-state index contributed by atoms with van der Waals surface area (Å²) in [6, 6.07) is 16.2. The molecule has 0 unspecified atom stereocenters. The smallest absolute Gasteiger partial charge is 0.220 e. The lowest BCUT2D eigenvalue weighted by Gasteiger charge is -2.20. The first-order chi connectivity index (χ1) is 17.6. The van der Waals surface area contributed by atoms with Gasteiger partial charge in [-0.05, 0) is 68.1 Å². The number of aromatic nitrogens is 2. The summed E-state index contributed by atoms with van der Waals surface area (Å²) in [5.41, 5.74) is 4.13. The predicted octanol–water partition coefficient (Wildman–Crippen LogP) is 5.26. The molecule has 0 fully saturated rings. The Kier molecular flexibility index (Phi) is 3.76. The molecular formula is C28H25N3O3. The van der Waals surface area contributed by atoms with Gasteiger partial charge < -0.3 is 14.5 Å². The Labute approximate surface area is 201 Å². The van der Waals surface area contributed by atoms with Gasteiger partial charge in [-0.15, -0.1) is 0 Å². The summed E-state index contributed by atoms with van der Waals surface area (Å²) in [7, 11) is 0. The lowest BCUT2D eigenvalue weighted by Crippen LogP contribution is -2.27. The van der Waals surface area contributed by atoms with E-state index in [1.54, 1.807) is 18.2 Å². The Morgan fingerprint density at radius 3 is 2.85 bits per heavy atom. The standard InChI is InChI=1S/C28H25N3O3/c1-15-11-19(27-31-28(4)20-8-6-5-7-18(20)14-24(28)34-27)13-23(17(15)3)33-25-10-9-21-26(30-25)22(32)12-16(2)29-21/h5-13,24H,14H2,1-4H3,(H,29,32)/t24-,28+/m1/s1/i4D3. The molecule has 0 saturated carbocycles. The minimum Gasteiger partial charge on any atom is -0.471 e. The van der Waals surface area contributed by atoms with Crippen molar-refractivity contribution in [2.45, 2.75) is 45.7 Å². The number of fused-ring (bicyclic) bond motifs is 4. The average molecular weight is 455 g/mol. The second kappa shape index (κ2) is 7.29. The van der Waals surface area contributed by atoms with Gasteiger partial charge in [0.05, 0.1) is 5.52 Å². The number of hydrogen-bond acceptors (Lipinski definition) is 5. The first kappa shape index (κ1) is 17.5. The number of benzene rings is 2. The minimum atomic E-state index is -2.38. The number of ether oxygens (including phenoxy) is 2. The van der Waals surface area contributed by atoms with E-state index in [0.717, 1.165) is 22.4 Å². The van der Waals surface area contributed by atoms with Crippen LogP contribution in [0, 0.1) is 20.8 Å². The molecular weight excluding hydrogens is 426 g/mol. The SMILES string of the molecule is [2H]C([2H])([2H])[C@@]12N=C(c3cc(C)c(C)c(Oc4ccc5[nH]c(C)cc(=O)c5n4)c3)O[C@@H]1Cc1ccccc12. The predicted molar refractivity (Wildman–Crippen MR) is 132 cm³/mol. The van der Waals surface area contributed by atoms with Crippen LogP contribution in [0.15, 0.2) is 64.4 Å². The molecule has 3 heterocycles. The molecule has 0 saturated heterocycles. The van der Waals surface area contributed by atoms with Crippen LogP contribution in [0.3, 0.4) is 0 Å². The maximum Gasteiger partial charge on any atom is 0.220 e. The zero-order chi connectivity index (χ0) is 26.1. The van der Waals surface area contributed by atoms with E-state index in [-0.39, 0.29) is 17.2 Å². The van der Waals surface area contributed by atoms with Gasteiger partial charge in [-0.25, -0.2) is 9.98 Å². The number of aryl methyl sites for hydroxylation is 2. The second-order valence-electron chi connectivity index (χ2n) is 9.03. The van der Waals surface area contributed by atoms with E-state index in [4.69, 9.17) is 18.6 Å². The van der Waals surface area contributed by atoms with Crippen LogP contribution in [0.1, 0.15) is 44.5 Å². The van der Waals surface area contributed by atoms with Crippen LogP contribution in [0.25, 0.3) is 11.0 Å². The van der Waals surface area contributed by atoms with Gasteiger partial charge in [0.15, 0.2) is 0 Å².